The molecule has 0 saturated carbocycles. The summed E-state index contributed by atoms with van der Waals surface area (Å²) in [4.78, 5) is 12.1. The maximum atomic E-state index is 12.1. The maximum Gasteiger partial charge on any atom is 0.255 e. The molecule has 5 nitrogen and oxygen atoms in total. The van der Waals surface area contributed by atoms with Crippen LogP contribution >= 0.6 is 0 Å². The van der Waals surface area contributed by atoms with Gasteiger partial charge in [0, 0.05) is 11.6 Å². The van der Waals surface area contributed by atoms with Crippen molar-refractivity contribution in [2.45, 2.75) is 33.2 Å². The molecule has 1 aliphatic heterocycles. The Labute approximate surface area is 106 Å². The SMILES string of the molecule is Cc1oc(C)c(C(=O)N[C@@H]2CCS(=O)(=O)C2)c1C. The molecule has 6 heteroatoms. The van der Waals surface area contributed by atoms with Gasteiger partial charge in [0.1, 0.15) is 11.5 Å². The molecule has 1 saturated heterocycles. The van der Waals surface area contributed by atoms with E-state index >= 15 is 0 Å². The zero-order valence-electron chi connectivity index (χ0n) is 10.7. The van der Waals surface area contributed by atoms with E-state index in [1.54, 1.807) is 13.8 Å². The molecule has 2 rings (SSSR count). The molecule has 18 heavy (non-hydrogen) atoms. The van der Waals surface area contributed by atoms with Gasteiger partial charge in [0.15, 0.2) is 9.84 Å². The first-order chi connectivity index (χ1) is 8.30. The fraction of sp³-hybridized carbons (Fsp3) is 0.583. The molecule has 1 amide bonds. The van der Waals surface area contributed by atoms with Gasteiger partial charge in [-0.2, -0.15) is 0 Å². The van der Waals surface area contributed by atoms with Crippen LogP contribution in [0.3, 0.4) is 0 Å². The van der Waals surface area contributed by atoms with Gasteiger partial charge >= 0.3 is 0 Å². The number of hydrogen-bond acceptors (Lipinski definition) is 4. The Balaban J connectivity index is 2.14. The van der Waals surface area contributed by atoms with E-state index in [0.717, 1.165) is 11.3 Å². The first-order valence-electron chi connectivity index (χ1n) is 5.88. The number of sulfone groups is 1. The average molecular weight is 271 g/mol. The van der Waals surface area contributed by atoms with Gasteiger partial charge in [-0.05, 0) is 27.2 Å². The monoisotopic (exact) mass is 271 g/mol. The highest BCUT2D eigenvalue weighted by molar-refractivity contribution is 7.91. The van der Waals surface area contributed by atoms with Crippen LogP contribution in [0.15, 0.2) is 4.42 Å². The van der Waals surface area contributed by atoms with E-state index in [1.807, 2.05) is 6.92 Å². The molecule has 1 N–H and O–H groups in total. The van der Waals surface area contributed by atoms with Crippen molar-refractivity contribution >= 4 is 15.7 Å². The maximum absolute atomic E-state index is 12.1. The van der Waals surface area contributed by atoms with Crippen LogP contribution in [0.25, 0.3) is 0 Å². The van der Waals surface area contributed by atoms with Crippen molar-refractivity contribution in [3.8, 4) is 0 Å². The highest BCUT2D eigenvalue weighted by Gasteiger charge is 2.30. The number of amides is 1. The highest BCUT2D eigenvalue weighted by Crippen LogP contribution is 2.21. The predicted molar refractivity (Wildman–Crippen MR) is 67.4 cm³/mol. The molecule has 0 unspecified atom stereocenters. The highest BCUT2D eigenvalue weighted by atomic mass is 32.2. The minimum atomic E-state index is -2.98. The molecule has 0 aliphatic carbocycles. The Kier molecular flexibility index (Phi) is 3.23. The molecule has 1 atom stereocenters. The molecule has 1 aromatic rings. The number of carbonyl (C=O) groups is 1. The van der Waals surface area contributed by atoms with Crippen molar-refractivity contribution in [3.05, 3.63) is 22.6 Å². The van der Waals surface area contributed by atoms with Gasteiger partial charge in [-0.3, -0.25) is 4.79 Å². The van der Waals surface area contributed by atoms with Crippen LogP contribution in [0.5, 0.6) is 0 Å². The number of hydrogen-bond donors (Lipinski definition) is 1. The minimum absolute atomic E-state index is 0.0354. The van der Waals surface area contributed by atoms with Gasteiger partial charge in [-0.1, -0.05) is 0 Å². The van der Waals surface area contributed by atoms with Gasteiger partial charge in [-0.25, -0.2) is 8.42 Å². The van der Waals surface area contributed by atoms with Crippen molar-refractivity contribution in [2.75, 3.05) is 11.5 Å². The summed E-state index contributed by atoms with van der Waals surface area (Å²) in [6, 6.07) is -0.281. The largest absolute Gasteiger partial charge is 0.466 e. The molecule has 0 spiro atoms. The summed E-state index contributed by atoms with van der Waals surface area (Å²) in [6.45, 7) is 5.37. The number of furan rings is 1. The Bertz CT molecular complexity index is 585. The van der Waals surface area contributed by atoms with E-state index in [0.29, 0.717) is 17.7 Å². The van der Waals surface area contributed by atoms with Crippen LogP contribution in [0.2, 0.25) is 0 Å². The van der Waals surface area contributed by atoms with Crippen molar-refractivity contribution in [3.63, 3.8) is 0 Å². The lowest BCUT2D eigenvalue weighted by atomic mass is 10.1. The molecular formula is C12H17NO4S. The first kappa shape index (κ1) is 13.1. The summed E-state index contributed by atoms with van der Waals surface area (Å²) >= 11 is 0. The van der Waals surface area contributed by atoms with E-state index in [1.165, 1.54) is 0 Å². The molecular weight excluding hydrogens is 254 g/mol. The summed E-state index contributed by atoms with van der Waals surface area (Å²) in [6.07, 6.45) is 0.489. The van der Waals surface area contributed by atoms with Crippen molar-refractivity contribution in [2.24, 2.45) is 0 Å². The predicted octanol–water partition coefficient (Wildman–Crippen LogP) is 1.12. The third-order valence-corrected chi connectivity index (χ3v) is 5.12. The van der Waals surface area contributed by atoms with Crippen LogP contribution in [0.1, 0.15) is 33.9 Å². The summed E-state index contributed by atoms with van der Waals surface area (Å²) in [5.41, 5.74) is 1.34. The smallest absolute Gasteiger partial charge is 0.255 e. The second-order valence-corrected chi connectivity index (χ2v) is 7.02. The molecule has 1 fully saturated rings. The topological polar surface area (TPSA) is 76.4 Å². The van der Waals surface area contributed by atoms with Crippen LogP contribution in [0, 0.1) is 20.8 Å². The zero-order valence-corrected chi connectivity index (χ0v) is 11.6. The van der Waals surface area contributed by atoms with E-state index < -0.39 is 9.84 Å². The summed E-state index contributed by atoms with van der Waals surface area (Å²) in [5, 5.41) is 2.77. The zero-order chi connectivity index (χ0) is 13.5. The first-order valence-corrected chi connectivity index (χ1v) is 7.70. The lowest BCUT2D eigenvalue weighted by molar-refractivity contribution is 0.0939. The van der Waals surface area contributed by atoms with Gasteiger partial charge in [0.25, 0.3) is 5.91 Å². The van der Waals surface area contributed by atoms with Gasteiger partial charge in [0.05, 0.1) is 17.1 Å². The lowest BCUT2D eigenvalue weighted by Gasteiger charge is -2.10. The number of nitrogens with one attached hydrogen (secondary N) is 1. The quantitative estimate of drug-likeness (QED) is 0.874. The summed E-state index contributed by atoms with van der Waals surface area (Å²) < 4.78 is 28.0. The molecule has 1 aliphatic rings. The Morgan fingerprint density at radius 2 is 1.94 bits per heavy atom. The van der Waals surface area contributed by atoms with Gasteiger partial charge in [0.2, 0.25) is 0 Å². The number of carbonyl (C=O) groups excluding carboxylic acids is 1. The third kappa shape index (κ3) is 2.43. The fourth-order valence-corrected chi connectivity index (χ4v) is 3.97. The number of aryl methyl sites for hydroxylation is 2. The fourth-order valence-electron chi connectivity index (χ4n) is 2.29. The third-order valence-electron chi connectivity index (χ3n) is 3.36. The van der Waals surface area contributed by atoms with Crippen molar-refractivity contribution < 1.29 is 17.6 Å². The molecule has 0 radical (unpaired) electrons. The van der Waals surface area contributed by atoms with Crippen molar-refractivity contribution in [1.29, 1.82) is 0 Å². The Hall–Kier alpha value is -1.30. The van der Waals surface area contributed by atoms with E-state index in [4.69, 9.17) is 4.42 Å². The molecule has 0 bridgehead atoms. The van der Waals surface area contributed by atoms with Crippen LogP contribution in [0.4, 0.5) is 0 Å². The number of rotatable bonds is 2. The normalized spacial score (nSPS) is 22.1. The van der Waals surface area contributed by atoms with Crippen LogP contribution < -0.4 is 5.32 Å². The van der Waals surface area contributed by atoms with E-state index in [-0.39, 0.29) is 23.5 Å². The van der Waals surface area contributed by atoms with Gasteiger partial charge in [-0.15, -0.1) is 0 Å². The second kappa shape index (κ2) is 4.42. The Morgan fingerprint density at radius 3 is 2.39 bits per heavy atom. The van der Waals surface area contributed by atoms with Crippen LogP contribution in [-0.4, -0.2) is 31.9 Å². The average Bonchev–Trinajstić information content (AvgIpc) is 2.68. The summed E-state index contributed by atoms with van der Waals surface area (Å²) in [7, 11) is -2.98. The minimum Gasteiger partial charge on any atom is -0.466 e. The molecule has 100 valence electrons. The van der Waals surface area contributed by atoms with E-state index in [2.05, 4.69) is 5.32 Å². The summed E-state index contributed by atoms with van der Waals surface area (Å²) in [5.74, 6) is 1.23. The van der Waals surface area contributed by atoms with E-state index in [9.17, 15) is 13.2 Å². The second-order valence-electron chi connectivity index (χ2n) is 4.79. The molecule has 2 heterocycles. The van der Waals surface area contributed by atoms with Crippen molar-refractivity contribution in [1.82, 2.24) is 5.32 Å². The standard InChI is InChI=1S/C12H17NO4S/c1-7-8(2)17-9(3)11(7)12(14)13-10-4-5-18(15,16)6-10/h10H,4-6H2,1-3H3,(H,13,14)/t10-/m1/s1. The molecule has 1 aromatic heterocycles. The molecule has 0 aromatic carbocycles. The lowest BCUT2D eigenvalue weighted by Crippen LogP contribution is -2.36. The Morgan fingerprint density at radius 1 is 1.28 bits per heavy atom. The van der Waals surface area contributed by atoms with Gasteiger partial charge < -0.3 is 9.73 Å². The van der Waals surface area contributed by atoms with Crippen LogP contribution in [-0.2, 0) is 9.84 Å².